The Bertz CT molecular complexity index is 792. The van der Waals surface area contributed by atoms with Gasteiger partial charge in [-0.25, -0.2) is 0 Å². The lowest BCUT2D eigenvalue weighted by Crippen LogP contribution is -2.31. The summed E-state index contributed by atoms with van der Waals surface area (Å²) < 4.78 is 17.3. The maximum atomic E-state index is 12.7. The second-order valence-corrected chi connectivity index (χ2v) is 6.43. The van der Waals surface area contributed by atoms with Gasteiger partial charge in [0.15, 0.2) is 6.10 Å². The van der Waals surface area contributed by atoms with Crippen molar-refractivity contribution in [1.29, 1.82) is 0 Å². The van der Waals surface area contributed by atoms with Crippen LogP contribution in [0.1, 0.15) is 25.0 Å². The Morgan fingerprint density at radius 2 is 2.00 bits per heavy atom. The smallest absolute Gasteiger partial charge is 0.265 e. The summed E-state index contributed by atoms with van der Waals surface area (Å²) in [5, 5.41) is 2.95. The average molecular weight is 339 g/mol. The molecule has 0 fully saturated rings. The van der Waals surface area contributed by atoms with Gasteiger partial charge < -0.3 is 19.5 Å². The van der Waals surface area contributed by atoms with Gasteiger partial charge in [-0.2, -0.15) is 0 Å². The van der Waals surface area contributed by atoms with Crippen LogP contribution in [0.3, 0.4) is 0 Å². The van der Waals surface area contributed by atoms with Crippen LogP contribution in [0.25, 0.3) is 0 Å². The number of amides is 1. The van der Waals surface area contributed by atoms with E-state index < -0.39 is 6.10 Å². The fourth-order valence-electron chi connectivity index (χ4n) is 3.35. The molecule has 2 aliphatic rings. The van der Waals surface area contributed by atoms with Crippen LogP contribution in [-0.4, -0.2) is 24.7 Å². The molecule has 0 unspecified atom stereocenters. The molecule has 4 rings (SSSR count). The van der Waals surface area contributed by atoms with E-state index in [1.54, 1.807) is 0 Å². The van der Waals surface area contributed by atoms with Crippen LogP contribution in [0.4, 0.5) is 5.69 Å². The maximum absolute atomic E-state index is 12.7. The quantitative estimate of drug-likeness (QED) is 0.928. The molecule has 0 aliphatic carbocycles. The van der Waals surface area contributed by atoms with E-state index >= 15 is 0 Å². The molecule has 0 saturated carbocycles. The monoisotopic (exact) mass is 339 g/mol. The van der Waals surface area contributed by atoms with Crippen LogP contribution in [0.5, 0.6) is 17.2 Å². The summed E-state index contributed by atoms with van der Waals surface area (Å²) in [6, 6.07) is 11.5. The summed E-state index contributed by atoms with van der Waals surface area (Å²) >= 11 is 0. The van der Waals surface area contributed by atoms with Gasteiger partial charge >= 0.3 is 0 Å². The topological polar surface area (TPSA) is 56.8 Å². The lowest BCUT2D eigenvalue weighted by atomic mass is 10.1. The molecule has 130 valence electrons. The zero-order valence-electron chi connectivity index (χ0n) is 14.4. The minimum atomic E-state index is -0.528. The Hall–Kier alpha value is -2.69. The second kappa shape index (κ2) is 6.31. The number of ether oxygens (including phenoxy) is 3. The highest BCUT2D eigenvalue weighted by atomic mass is 16.5. The third kappa shape index (κ3) is 3.02. The van der Waals surface area contributed by atoms with Crippen molar-refractivity contribution < 1.29 is 19.0 Å². The third-order valence-electron chi connectivity index (χ3n) is 4.50. The Morgan fingerprint density at radius 3 is 2.80 bits per heavy atom. The number of benzene rings is 2. The first-order chi connectivity index (χ1) is 12.1. The Morgan fingerprint density at radius 1 is 1.16 bits per heavy atom. The zero-order valence-corrected chi connectivity index (χ0v) is 14.4. The van der Waals surface area contributed by atoms with Gasteiger partial charge in [-0.3, -0.25) is 4.79 Å². The summed E-state index contributed by atoms with van der Waals surface area (Å²) in [5.41, 5.74) is 2.79. The first kappa shape index (κ1) is 15.8. The van der Waals surface area contributed by atoms with Crippen LogP contribution >= 0.6 is 0 Å². The minimum absolute atomic E-state index is 0.142. The molecule has 0 aromatic heterocycles. The van der Waals surface area contributed by atoms with Crippen molar-refractivity contribution in [2.45, 2.75) is 38.9 Å². The summed E-state index contributed by atoms with van der Waals surface area (Å²) in [6.45, 7) is 4.49. The fourth-order valence-corrected chi connectivity index (χ4v) is 3.35. The number of nitrogens with one attached hydrogen (secondary N) is 1. The van der Waals surface area contributed by atoms with Crippen LogP contribution in [0.2, 0.25) is 0 Å². The van der Waals surface area contributed by atoms with Gasteiger partial charge in [0.2, 0.25) is 0 Å². The SMILES string of the molecule is CCOc1cc2c(cc1NC(=O)[C@H]1Cc3ccccc3O1)O[C@@H](C)C2. The Labute approximate surface area is 146 Å². The summed E-state index contributed by atoms with van der Waals surface area (Å²) in [4.78, 5) is 12.7. The van der Waals surface area contributed by atoms with Crippen molar-refractivity contribution in [3.05, 3.63) is 47.5 Å². The number of hydrogen-bond acceptors (Lipinski definition) is 4. The van der Waals surface area contributed by atoms with Gasteiger partial charge in [0.25, 0.3) is 5.91 Å². The van der Waals surface area contributed by atoms with E-state index in [-0.39, 0.29) is 12.0 Å². The number of rotatable bonds is 4. The largest absolute Gasteiger partial charge is 0.492 e. The van der Waals surface area contributed by atoms with Crippen molar-refractivity contribution in [3.63, 3.8) is 0 Å². The van der Waals surface area contributed by atoms with Crippen LogP contribution < -0.4 is 19.5 Å². The average Bonchev–Trinajstić information content (AvgIpc) is 3.17. The standard InChI is InChI=1S/C20H21NO4/c1-3-23-18-10-14-8-12(2)24-17(14)11-15(18)21-20(22)19-9-13-6-4-5-7-16(13)25-19/h4-7,10-12,19H,3,8-9H2,1-2H3,(H,21,22)/t12-,19+/m0/s1. The fraction of sp³-hybridized carbons (Fsp3) is 0.350. The second-order valence-electron chi connectivity index (χ2n) is 6.43. The van der Waals surface area contributed by atoms with Crippen molar-refractivity contribution in [2.75, 3.05) is 11.9 Å². The molecule has 1 amide bonds. The number of para-hydroxylation sites is 1. The molecular formula is C20H21NO4. The molecular weight excluding hydrogens is 318 g/mol. The normalized spacial score (nSPS) is 20.2. The number of carbonyl (C=O) groups excluding carboxylic acids is 1. The van der Waals surface area contributed by atoms with Crippen LogP contribution in [0, 0.1) is 0 Å². The molecule has 5 nitrogen and oxygen atoms in total. The summed E-state index contributed by atoms with van der Waals surface area (Å²) in [5.74, 6) is 2.08. The highest BCUT2D eigenvalue weighted by Gasteiger charge is 2.30. The van der Waals surface area contributed by atoms with E-state index in [0.29, 0.717) is 24.5 Å². The predicted octanol–water partition coefficient (Wildman–Crippen LogP) is 3.35. The van der Waals surface area contributed by atoms with Crippen molar-refractivity contribution >= 4 is 11.6 Å². The van der Waals surface area contributed by atoms with E-state index in [0.717, 1.165) is 29.0 Å². The maximum Gasteiger partial charge on any atom is 0.265 e. The molecule has 25 heavy (non-hydrogen) atoms. The van der Waals surface area contributed by atoms with Crippen molar-refractivity contribution in [3.8, 4) is 17.2 Å². The lowest BCUT2D eigenvalue weighted by Gasteiger charge is -2.16. The van der Waals surface area contributed by atoms with Gasteiger partial charge in [-0.05, 0) is 31.5 Å². The molecule has 1 N–H and O–H groups in total. The van der Waals surface area contributed by atoms with E-state index in [1.165, 1.54) is 0 Å². The first-order valence-electron chi connectivity index (χ1n) is 8.66. The first-order valence-corrected chi connectivity index (χ1v) is 8.66. The number of carbonyl (C=O) groups is 1. The molecule has 0 radical (unpaired) electrons. The van der Waals surface area contributed by atoms with Gasteiger partial charge in [0.05, 0.1) is 12.3 Å². The molecule has 5 heteroatoms. The number of fused-ring (bicyclic) bond motifs is 2. The summed E-state index contributed by atoms with van der Waals surface area (Å²) in [7, 11) is 0. The number of anilines is 1. The predicted molar refractivity (Wildman–Crippen MR) is 94.6 cm³/mol. The molecule has 2 heterocycles. The molecule has 2 atom stereocenters. The molecule has 0 saturated heterocycles. The van der Waals surface area contributed by atoms with E-state index in [2.05, 4.69) is 5.32 Å². The highest BCUT2D eigenvalue weighted by molar-refractivity contribution is 5.96. The molecule has 2 aromatic rings. The van der Waals surface area contributed by atoms with Gasteiger partial charge in [0, 0.05) is 24.5 Å². The molecule has 2 aliphatic heterocycles. The van der Waals surface area contributed by atoms with Crippen LogP contribution in [0.15, 0.2) is 36.4 Å². The van der Waals surface area contributed by atoms with Gasteiger partial charge in [-0.15, -0.1) is 0 Å². The minimum Gasteiger partial charge on any atom is -0.492 e. The van der Waals surface area contributed by atoms with E-state index in [4.69, 9.17) is 14.2 Å². The highest BCUT2D eigenvalue weighted by Crippen LogP contribution is 2.38. The zero-order chi connectivity index (χ0) is 17.4. The van der Waals surface area contributed by atoms with Crippen molar-refractivity contribution in [2.24, 2.45) is 0 Å². The Balaban J connectivity index is 1.54. The lowest BCUT2D eigenvalue weighted by molar-refractivity contribution is -0.122. The van der Waals surface area contributed by atoms with E-state index in [1.807, 2.05) is 50.2 Å². The van der Waals surface area contributed by atoms with Gasteiger partial charge in [0.1, 0.15) is 23.4 Å². The third-order valence-corrected chi connectivity index (χ3v) is 4.50. The summed E-state index contributed by atoms with van der Waals surface area (Å²) in [6.07, 6.45) is 1.04. The molecule has 0 bridgehead atoms. The van der Waals surface area contributed by atoms with Crippen molar-refractivity contribution in [1.82, 2.24) is 0 Å². The Kier molecular flexibility index (Phi) is 3.99. The molecule has 0 spiro atoms. The van der Waals surface area contributed by atoms with Crippen LogP contribution in [-0.2, 0) is 17.6 Å². The molecule has 2 aromatic carbocycles. The van der Waals surface area contributed by atoms with E-state index in [9.17, 15) is 4.79 Å². The number of hydrogen-bond donors (Lipinski definition) is 1. The van der Waals surface area contributed by atoms with Gasteiger partial charge in [-0.1, -0.05) is 18.2 Å².